The molecule has 1 aliphatic heterocycles. The zero-order valence-corrected chi connectivity index (χ0v) is 24.7. The highest BCUT2D eigenvalue weighted by molar-refractivity contribution is 6.09. The van der Waals surface area contributed by atoms with Crippen molar-refractivity contribution in [1.29, 1.82) is 0 Å². The number of halogens is 3. The van der Waals surface area contributed by atoms with E-state index in [1.165, 1.54) is 36.4 Å². The van der Waals surface area contributed by atoms with Gasteiger partial charge in [-0.2, -0.15) is 0 Å². The van der Waals surface area contributed by atoms with E-state index in [9.17, 15) is 23.4 Å². The highest BCUT2D eigenvalue weighted by atomic mass is 19.1. The van der Waals surface area contributed by atoms with Gasteiger partial charge in [-0.05, 0) is 60.7 Å². The van der Waals surface area contributed by atoms with Crippen LogP contribution in [0.2, 0.25) is 0 Å². The van der Waals surface area contributed by atoms with Crippen molar-refractivity contribution < 1.29 is 28.1 Å². The van der Waals surface area contributed by atoms with Gasteiger partial charge in [-0.1, -0.05) is 18.2 Å². The Labute approximate surface area is 258 Å². The number of nitrogens with zero attached hydrogens (tertiary/aromatic N) is 3. The summed E-state index contributed by atoms with van der Waals surface area (Å²) in [5.74, 6) is -1.13. The van der Waals surface area contributed by atoms with Crippen LogP contribution < -0.4 is 5.32 Å². The first kappa shape index (κ1) is 29.8. The predicted octanol–water partition coefficient (Wildman–Crippen LogP) is 5.03. The lowest BCUT2D eigenvalue weighted by atomic mass is 10.1. The molecular formula is C35H35F3N4O3. The van der Waals surface area contributed by atoms with Crippen LogP contribution in [0.3, 0.4) is 0 Å². The third-order valence-electron chi connectivity index (χ3n) is 8.85. The molecule has 0 amide bonds. The summed E-state index contributed by atoms with van der Waals surface area (Å²) in [4.78, 5) is 2.11. The molecule has 10 heteroatoms. The second kappa shape index (κ2) is 12.5. The molecule has 1 saturated heterocycles. The zero-order chi connectivity index (χ0) is 31.1. The van der Waals surface area contributed by atoms with Gasteiger partial charge in [0.1, 0.15) is 17.5 Å². The number of β-amino-alcohol motifs (C(OH)–C–C–N with tert-alkyl or cyclic N) is 1. The number of hydrogen-bond donors (Lipinski definition) is 3. The molecule has 3 heterocycles. The monoisotopic (exact) mass is 616 g/mol. The van der Waals surface area contributed by atoms with Crippen molar-refractivity contribution in [2.45, 2.75) is 31.3 Å². The number of benzene rings is 4. The number of aliphatic hydroxyl groups excluding tert-OH is 2. The van der Waals surface area contributed by atoms with Gasteiger partial charge in [-0.25, -0.2) is 13.2 Å². The van der Waals surface area contributed by atoms with Gasteiger partial charge in [0.2, 0.25) is 0 Å². The summed E-state index contributed by atoms with van der Waals surface area (Å²) >= 11 is 0. The molecule has 0 saturated carbocycles. The maximum atomic E-state index is 14.4. The molecule has 0 bridgehead atoms. The van der Waals surface area contributed by atoms with Crippen LogP contribution in [0.15, 0.2) is 78.9 Å². The first-order chi connectivity index (χ1) is 21.9. The summed E-state index contributed by atoms with van der Waals surface area (Å²) in [5.41, 5.74) is 3.26. The summed E-state index contributed by atoms with van der Waals surface area (Å²) in [7, 11) is 0. The molecule has 234 valence electrons. The number of para-hydroxylation sites is 1. The lowest BCUT2D eigenvalue weighted by Crippen LogP contribution is -2.54. The molecule has 0 aliphatic carbocycles. The van der Waals surface area contributed by atoms with E-state index in [1.807, 2.05) is 28.8 Å². The van der Waals surface area contributed by atoms with Crippen molar-refractivity contribution in [3.63, 3.8) is 0 Å². The summed E-state index contributed by atoms with van der Waals surface area (Å²) in [6.45, 7) is 3.31. The molecule has 2 unspecified atom stereocenters. The maximum Gasteiger partial charge on any atom is 0.123 e. The minimum absolute atomic E-state index is 0.0282. The van der Waals surface area contributed by atoms with Crippen molar-refractivity contribution >= 4 is 43.6 Å². The van der Waals surface area contributed by atoms with Crippen LogP contribution in [0.5, 0.6) is 0 Å². The van der Waals surface area contributed by atoms with Crippen molar-refractivity contribution in [1.82, 2.24) is 19.4 Å². The molecule has 0 radical (unpaired) electrons. The molecule has 7 nitrogen and oxygen atoms in total. The molecule has 6 aromatic rings. The Morgan fingerprint density at radius 1 is 0.733 bits per heavy atom. The molecule has 3 N–H and O–H groups in total. The second-order valence-corrected chi connectivity index (χ2v) is 11.9. The quantitative estimate of drug-likeness (QED) is 0.201. The van der Waals surface area contributed by atoms with Gasteiger partial charge in [0, 0.05) is 75.8 Å². The average Bonchev–Trinajstić information content (AvgIpc) is 3.50. The van der Waals surface area contributed by atoms with Crippen molar-refractivity contribution in [2.75, 3.05) is 39.4 Å². The van der Waals surface area contributed by atoms with E-state index in [0.29, 0.717) is 37.0 Å². The Kier molecular flexibility index (Phi) is 8.24. The Bertz CT molecular complexity index is 1930. The Hall–Kier alpha value is -3.93. The summed E-state index contributed by atoms with van der Waals surface area (Å²) in [6.07, 6.45) is -1.26. The van der Waals surface area contributed by atoms with Gasteiger partial charge in [-0.15, -0.1) is 0 Å². The van der Waals surface area contributed by atoms with Gasteiger partial charge in [0.15, 0.2) is 0 Å². The highest BCUT2D eigenvalue weighted by Gasteiger charge is 2.24. The van der Waals surface area contributed by atoms with E-state index in [0.717, 1.165) is 45.9 Å². The minimum Gasteiger partial charge on any atom is -0.395 e. The standard InChI is InChI=1S/C35H35F3N4O3/c36-22-5-8-33-29(13-22)28-3-1-2-4-32(28)41(33)18-27(45-21-26(44)17-40-12-11-39-25(16-40)20-43)19-42-34-9-6-23(37)14-30(34)31-15-24(38)7-10-35(31)42/h1-10,13-15,25-27,39,43-44H,11-12,16-21H2/t25-,26?,27?/m1/s1. The molecule has 1 fully saturated rings. The van der Waals surface area contributed by atoms with Crippen LogP contribution in [0.25, 0.3) is 43.6 Å². The smallest absolute Gasteiger partial charge is 0.123 e. The summed E-state index contributed by atoms with van der Waals surface area (Å²) < 4.78 is 53.7. The van der Waals surface area contributed by atoms with Crippen LogP contribution in [0.1, 0.15) is 0 Å². The number of rotatable bonds is 10. The summed E-state index contributed by atoms with van der Waals surface area (Å²) in [5, 5.41) is 26.8. The van der Waals surface area contributed by atoms with E-state index in [2.05, 4.69) is 14.8 Å². The van der Waals surface area contributed by atoms with Crippen molar-refractivity contribution in [3.05, 3.63) is 96.3 Å². The Balaban J connectivity index is 1.25. The minimum atomic E-state index is -0.779. The first-order valence-electron chi connectivity index (χ1n) is 15.3. The number of aromatic nitrogens is 2. The number of piperazine rings is 1. The summed E-state index contributed by atoms with van der Waals surface area (Å²) in [6, 6.07) is 21.6. The number of hydrogen-bond acceptors (Lipinski definition) is 5. The molecule has 3 atom stereocenters. The van der Waals surface area contributed by atoms with Crippen LogP contribution in [0.4, 0.5) is 13.2 Å². The molecule has 45 heavy (non-hydrogen) atoms. The average molecular weight is 617 g/mol. The third-order valence-corrected chi connectivity index (χ3v) is 8.85. The second-order valence-electron chi connectivity index (χ2n) is 11.9. The largest absolute Gasteiger partial charge is 0.395 e. The molecule has 1 aliphatic rings. The van der Waals surface area contributed by atoms with Crippen LogP contribution in [0, 0.1) is 17.5 Å². The van der Waals surface area contributed by atoms with E-state index in [4.69, 9.17) is 4.74 Å². The number of nitrogens with one attached hydrogen (secondary N) is 1. The normalized spacial score (nSPS) is 17.6. The van der Waals surface area contributed by atoms with Gasteiger partial charge >= 0.3 is 0 Å². The molecule has 4 aromatic carbocycles. The number of aliphatic hydroxyl groups is 2. The maximum absolute atomic E-state index is 14.4. The number of ether oxygens (including phenoxy) is 1. The van der Waals surface area contributed by atoms with Crippen molar-refractivity contribution in [2.24, 2.45) is 0 Å². The van der Waals surface area contributed by atoms with Gasteiger partial charge in [0.25, 0.3) is 0 Å². The lowest BCUT2D eigenvalue weighted by Gasteiger charge is -2.34. The molecule has 0 spiro atoms. The van der Waals surface area contributed by atoms with Crippen LogP contribution in [-0.4, -0.2) is 81.9 Å². The van der Waals surface area contributed by atoms with E-state index in [-0.39, 0.29) is 25.1 Å². The van der Waals surface area contributed by atoms with Crippen molar-refractivity contribution in [3.8, 4) is 0 Å². The SMILES string of the molecule is OC[C@H]1CN(CC(O)COC(Cn2c3ccccc3c3cc(F)ccc32)Cn2c3ccc(F)cc3c3cc(F)ccc32)CCN1. The topological polar surface area (TPSA) is 74.8 Å². The first-order valence-corrected chi connectivity index (χ1v) is 15.3. The fraction of sp³-hybridized carbons (Fsp3) is 0.314. The highest BCUT2D eigenvalue weighted by Crippen LogP contribution is 2.33. The van der Waals surface area contributed by atoms with Crippen LogP contribution >= 0.6 is 0 Å². The third kappa shape index (κ3) is 5.92. The fourth-order valence-electron chi connectivity index (χ4n) is 6.82. The number of fused-ring (bicyclic) bond motifs is 6. The van der Waals surface area contributed by atoms with Gasteiger partial charge in [-0.3, -0.25) is 4.90 Å². The Morgan fingerprint density at radius 2 is 1.27 bits per heavy atom. The zero-order valence-electron chi connectivity index (χ0n) is 24.7. The molecule has 7 rings (SSSR count). The van der Waals surface area contributed by atoms with Gasteiger partial charge in [0.05, 0.1) is 38.5 Å². The predicted molar refractivity (Wildman–Crippen MR) is 170 cm³/mol. The van der Waals surface area contributed by atoms with Gasteiger partial charge < -0.3 is 29.4 Å². The van der Waals surface area contributed by atoms with E-state index in [1.54, 1.807) is 18.2 Å². The Morgan fingerprint density at radius 3 is 1.84 bits per heavy atom. The lowest BCUT2D eigenvalue weighted by molar-refractivity contribution is -0.0341. The fourth-order valence-corrected chi connectivity index (χ4v) is 6.82. The molecule has 2 aromatic heterocycles. The van der Waals surface area contributed by atoms with E-state index < -0.39 is 23.8 Å². The van der Waals surface area contributed by atoms with E-state index >= 15 is 0 Å². The van der Waals surface area contributed by atoms with Crippen LogP contribution in [-0.2, 0) is 17.8 Å². The molecular weight excluding hydrogens is 581 g/mol.